The molecule has 0 bridgehead atoms. The molecule has 1 aromatic rings. The van der Waals surface area contributed by atoms with Gasteiger partial charge >= 0.3 is 0 Å². The maximum Gasteiger partial charge on any atom is 0.138 e. The summed E-state index contributed by atoms with van der Waals surface area (Å²) in [7, 11) is 0. The summed E-state index contributed by atoms with van der Waals surface area (Å²) < 4.78 is 6.56. The molecular formula is C10H12BrNO. The van der Waals surface area contributed by atoms with Crippen molar-refractivity contribution in [1.82, 2.24) is 4.98 Å². The van der Waals surface area contributed by atoms with E-state index in [1.54, 1.807) is 6.20 Å². The van der Waals surface area contributed by atoms with Crippen molar-refractivity contribution < 1.29 is 4.74 Å². The normalized spacial score (nSPS) is 18.3. The Morgan fingerprint density at radius 3 is 2.85 bits per heavy atom. The van der Waals surface area contributed by atoms with Gasteiger partial charge in [-0.3, -0.25) is 0 Å². The summed E-state index contributed by atoms with van der Waals surface area (Å²) >= 11 is 3.29. The van der Waals surface area contributed by atoms with Crippen molar-refractivity contribution >= 4 is 15.9 Å². The number of hydrogen-bond acceptors (Lipinski definition) is 2. The fraction of sp³-hybridized carbons (Fsp3) is 0.500. The molecule has 1 aliphatic rings. The maximum atomic E-state index is 5.71. The second-order valence-electron chi connectivity index (χ2n) is 3.48. The quantitative estimate of drug-likeness (QED) is 0.760. The van der Waals surface area contributed by atoms with Crippen LogP contribution in [0.5, 0.6) is 5.75 Å². The van der Waals surface area contributed by atoms with E-state index in [-0.39, 0.29) is 0 Å². The van der Waals surface area contributed by atoms with E-state index in [0.29, 0.717) is 6.10 Å². The molecule has 70 valence electrons. The monoisotopic (exact) mass is 241 g/mol. The molecule has 0 aromatic carbocycles. The number of pyridine rings is 1. The van der Waals surface area contributed by atoms with Gasteiger partial charge in [-0.25, -0.2) is 4.98 Å². The van der Waals surface area contributed by atoms with Gasteiger partial charge in [0.2, 0.25) is 0 Å². The van der Waals surface area contributed by atoms with E-state index in [4.69, 9.17) is 4.74 Å². The first-order valence-electron chi connectivity index (χ1n) is 4.54. The summed E-state index contributed by atoms with van der Waals surface area (Å²) in [5, 5.41) is 0. The summed E-state index contributed by atoms with van der Waals surface area (Å²) in [5.74, 6) is 1.63. The minimum atomic E-state index is 0.336. The molecule has 0 N–H and O–H groups in total. The lowest BCUT2D eigenvalue weighted by Gasteiger charge is -2.12. The standard InChI is InChI=1S/C10H12BrNO/c1-7(8-2-3-8)13-9-4-5-10(11)12-6-9/h4-8H,2-3H2,1H3. The van der Waals surface area contributed by atoms with E-state index < -0.39 is 0 Å². The second kappa shape index (κ2) is 3.66. The molecule has 0 aliphatic heterocycles. The number of rotatable bonds is 3. The lowest BCUT2D eigenvalue weighted by Crippen LogP contribution is -2.13. The predicted octanol–water partition coefficient (Wildman–Crippen LogP) is 3.02. The molecule has 1 unspecified atom stereocenters. The third-order valence-electron chi connectivity index (χ3n) is 2.31. The Kier molecular flexibility index (Phi) is 2.54. The molecular weight excluding hydrogens is 230 g/mol. The Hall–Kier alpha value is -0.570. The van der Waals surface area contributed by atoms with Gasteiger partial charge < -0.3 is 4.74 Å². The van der Waals surface area contributed by atoms with Crippen molar-refractivity contribution in [3.63, 3.8) is 0 Å². The molecule has 1 aromatic heterocycles. The Bertz CT molecular complexity index is 281. The van der Waals surface area contributed by atoms with Gasteiger partial charge in [0, 0.05) is 0 Å². The number of ether oxygens (including phenoxy) is 1. The highest BCUT2D eigenvalue weighted by Gasteiger charge is 2.29. The van der Waals surface area contributed by atoms with Crippen LogP contribution in [0.1, 0.15) is 19.8 Å². The van der Waals surface area contributed by atoms with Crippen LogP contribution < -0.4 is 4.74 Å². The van der Waals surface area contributed by atoms with Crippen LogP contribution in [0.25, 0.3) is 0 Å². The molecule has 0 radical (unpaired) electrons. The van der Waals surface area contributed by atoms with Gasteiger partial charge in [0.15, 0.2) is 0 Å². The first-order valence-corrected chi connectivity index (χ1v) is 5.33. The third kappa shape index (κ3) is 2.44. The van der Waals surface area contributed by atoms with Crippen LogP contribution in [0, 0.1) is 5.92 Å². The van der Waals surface area contributed by atoms with Crippen LogP contribution in [0.2, 0.25) is 0 Å². The van der Waals surface area contributed by atoms with Crippen LogP contribution in [-0.2, 0) is 0 Å². The van der Waals surface area contributed by atoms with Gasteiger partial charge in [0.25, 0.3) is 0 Å². The van der Waals surface area contributed by atoms with E-state index >= 15 is 0 Å². The molecule has 1 atom stereocenters. The van der Waals surface area contributed by atoms with Gasteiger partial charge in [-0.1, -0.05) is 0 Å². The Morgan fingerprint density at radius 2 is 2.31 bits per heavy atom. The SMILES string of the molecule is CC(Oc1ccc(Br)nc1)C1CC1. The first-order chi connectivity index (χ1) is 6.25. The Labute approximate surface area is 86.5 Å². The highest BCUT2D eigenvalue weighted by Crippen LogP contribution is 2.34. The zero-order valence-corrected chi connectivity index (χ0v) is 9.12. The molecule has 2 rings (SSSR count). The molecule has 13 heavy (non-hydrogen) atoms. The Balaban J connectivity index is 1.96. The summed E-state index contributed by atoms with van der Waals surface area (Å²) in [4.78, 5) is 4.10. The van der Waals surface area contributed by atoms with Crippen molar-refractivity contribution in [1.29, 1.82) is 0 Å². The van der Waals surface area contributed by atoms with Gasteiger partial charge in [0.05, 0.1) is 12.3 Å². The third-order valence-corrected chi connectivity index (χ3v) is 2.78. The maximum absolute atomic E-state index is 5.71. The largest absolute Gasteiger partial charge is 0.489 e. The average molecular weight is 242 g/mol. The molecule has 0 saturated heterocycles. The van der Waals surface area contributed by atoms with Crippen molar-refractivity contribution in [2.45, 2.75) is 25.9 Å². The lowest BCUT2D eigenvalue weighted by molar-refractivity contribution is 0.197. The van der Waals surface area contributed by atoms with Crippen LogP contribution >= 0.6 is 15.9 Å². The van der Waals surface area contributed by atoms with E-state index in [1.165, 1.54) is 12.8 Å². The van der Waals surface area contributed by atoms with Gasteiger partial charge in [-0.2, -0.15) is 0 Å². The van der Waals surface area contributed by atoms with Crippen molar-refractivity contribution in [2.24, 2.45) is 5.92 Å². The molecule has 1 aliphatic carbocycles. The predicted molar refractivity (Wildman–Crippen MR) is 54.8 cm³/mol. The minimum absolute atomic E-state index is 0.336. The number of hydrogen-bond donors (Lipinski definition) is 0. The fourth-order valence-corrected chi connectivity index (χ4v) is 1.54. The first kappa shape index (κ1) is 9.00. The molecule has 1 saturated carbocycles. The van der Waals surface area contributed by atoms with E-state index in [1.807, 2.05) is 12.1 Å². The van der Waals surface area contributed by atoms with Crippen molar-refractivity contribution in [2.75, 3.05) is 0 Å². The van der Waals surface area contributed by atoms with Crippen LogP contribution in [-0.4, -0.2) is 11.1 Å². The highest BCUT2D eigenvalue weighted by molar-refractivity contribution is 9.10. The fourth-order valence-electron chi connectivity index (χ4n) is 1.31. The number of aromatic nitrogens is 1. The average Bonchev–Trinajstić information content (AvgIpc) is 2.91. The van der Waals surface area contributed by atoms with Crippen LogP contribution in [0.4, 0.5) is 0 Å². The topological polar surface area (TPSA) is 22.1 Å². The lowest BCUT2D eigenvalue weighted by atomic mass is 10.3. The number of nitrogens with zero attached hydrogens (tertiary/aromatic N) is 1. The summed E-state index contributed by atoms with van der Waals surface area (Å²) in [6.07, 6.45) is 4.71. The van der Waals surface area contributed by atoms with Crippen molar-refractivity contribution in [3.05, 3.63) is 22.9 Å². The molecule has 0 amide bonds. The van der Waals surface area contributed by atoms with E-state index in [0.717, 1.165) is 16.3 Å². The Morgan fingerprint density at radius 1 is 1.54 bits per heavy atom. The van der Waals surface area contributed by atoms with Gasteiger partial charge in [-0.05, 0) is 53.7 Å². The highest BCUT2D eigenvalue weighted by atomic mass is 79.9. The van der Waals surface area contributed by atoms with E-state index in [2.05, 4.69) is 27.8 Å². The van der Waals surface area contributed by atoms with Crippen molar-refractivity contribution in [3.8, 4) is 5.75 Å². The van der Waals surface area contributed by atoms with Gasteiger partial charge in [0.1, 0.15) is 10.4 Å². The second-order valence-corrected chi connectivity index (χ2v) is 4.29. The summed E-state index contributed by atoms with van der Waals surface area (Å²) in [6, 6.07) is 3.84. The zero-order chi connectivity index (χ0) is 9.26. The van der Waals surface area contributed by atoms with Crippen LogP contribution in [0.3, 0.4) is 0 Å². The minimum Gasteiger partial charge on any atom is -0.489 e. The molecule has 3 heteroatoms. The molecule has 1 heterocycles. The molecule has 1 fully saturated rings. The van der Waals surface area contributed by atoms with Crippen LogP contribution in [0.15, 0.2) is 22.9 Å². The van der Waals surface area contributed by atoms with Gasteiger partial charge in [-0.15, -0.1) is 0 Å². The number of halogens is 1. The summed E-state index contributed by atoms with van der Waals surface area (Å²) in [5.41, 5.74) is 0. The smallest absolute Gasteiger partial charge is 0.138 e. The zero-order valence-electron chi connectivity index (χ0n) is 7.53. The summed E-state index contributed by atoms with van der Waals surface area (Å²) in [6.45, 7) is 2.12. The molecule has 2 nitrogen and oxygen atoms in total. The molecule has 0 spiro atoms. The van der Waals surface area contributed by atoms with E-state index in [9.17, 15) is 0 Å².